The van der Waals surface area contributed by atoms with E-state index < -0.39 is 0 Å². The van der Waals surface area contributed by atoms with Crippen LogP contribution in [0.5, 0.6) is 0 Å². The molecule has 15 heavy (non-hydrogen) atoms. The smallest absolute Gasteiger partial charge is 0.0529 e. The first-order valence-electron chi connectivity index (χ1n) is 4.89. The number of alkyl halides is 1. The van der Waals surface area contributed by atoms with Gasteiger partial charge in [-0.2, -0.15) is 11.3 Å². The Hall–Kier alpha value is -0.120. The second-order valence-corrected chi connectivity index (χ2v) is 6.86. The first-order valence-corrected chi connectivity index (χ1v) is 7.56. The molecule has 0 N–H and O–H groups in total. The summed E-state index contributed by atoms with van der Waals surface area (Å²) in [5, 5.41) is 4.36. The van der Waals surface area contributed by atoms with Crippen LogP contribution in [-0.2, 0) is 6.42 Å². The van der Waals surface area contributed by atoms with E-state index in [4.69, 9.17) is 0 Å². The van der Waals surface area contributed by atoms with Gasteiger partial charge in [-0.15, -0.1) is 11.3 Å². The van der Waals surface area contributed by atoms with Gasteiger partial charge >= 0.3 is 0 Å². The Morgan fingerprint density at radius 2 is 2.20 bits per heavy atom. The van der Waals surface area contributed by atoms with Crippen LogP contribution in [0.4, 0.5) is 0 Å². The standard InChI is InChI=1S/C12H13BrS2/c1-8-5-12(15-9(8)2)11(13)6-10-3-4-14-7-10/h3-5,7,11H,6H2,1-2H3. The number of rotatable bonds is 3. The maximum Gasteiger partial charge on any atom is 0.0529 e. The highest BCUT2D eigenvalue weighted by Crippen LogP contribution is 2.34. The van der Waals surface area contributed by atoms with Crippen LogP contribution < -0.4 is 0 Å². The molecule has 1 unspecified atom stereocenters. The molecule has 0 saturated carbocycles. The van der Waals surface area contributed by atoms with Crippen molar-refractivity contribution in [1.29, 1.82) is 0 Å². The van der Waals surface area contributed by atoms with E-state index in [0.29, 0.717) is 4.83 Å². The Bertz CT molecular complexity index is 409. The molecule has 0 spiro atoms. The fraction of sp³-hybridized carbons (Fsp3) is 0.333. The fourth-order valence-corrected chi connectivity index (χ4v) is 3.96. The highest BCUT2D eigenvalue weighted by Gasteiger charge is 2.12. The molecule has 2 aromatic rings. The molecule has 0 aliphatic heterocycles. The topological polar surface area (TPSA) is 0 Å². The molecule has 2 heterocycles. The van der Waals surface area contributed by atoms with Crippen molar-refractivity contribution in [3.8, 4) is 0 Å². The number of thiophene rings is 2. The van der Waals surface area contributed by atoms with E-state index in [2.05, 4.69) is 52.7 Å². The van der Waals surface area contributed by atoms with Crippen molar-refractivity contribution in [2.24, 2.45) is 0 Å². The third kappa shape index (κ3) is 2.71. The van der Waals surface area contributed by atoms with E-state index in [1.807, 2.05) is 11.3 Å². The van der Waals surface area contributed by atoms with E-state index >= 15 is 0 Å². The molecule has 0 aliphatic rings. The quantitative estimate of drug-likeness (QED) is 0.691. The molecule has 0 saturated heterocycles. The lowest BCUT2D eigenvalue weighted by Crippen LogP contribution is -1.90. The maximum absolute atomic E-state index is 3.77. The minimum absolute atomic E-state index is 0.462. The van der Waals surface area contributed by atoms with Crippen molar-refractivity contribution < 1.29 is 0 Å². The summed E-state index contributed by atoms with van der Waals surface area (Å²) in [7, 11) is 0. The monoisotopic (exact) mass is 300 g/mol. The van der Waals surface area contributed by atoms with Crippen LogP contribution >= 0.6 is 38.6 Å². The van der Waals surface area contributed by atoms with Crippen LogP contribution in [0.2, 0.25) is 0 Å². The molecule has 2 rings (SSSR count). The Morgan fingerprint density at radius 3 is 2.73 bits per heavy atom. The Labute approximate surface area is 107 Å². The van der Waals surface area contributed by atoms with Crippen LogP contribution in [0.15, 0.2) is 22.9 Å². The molecule has 0 amide bonds. The minimum atomic E-state index is 0.462. The molecule has 0 aliphatic carbocycles. The zero-order chi connectivity index (χ0) is 10.8. The largest absolute Gasteiger partial charge is 0.152 e. The number of hydrogen-bond acceptors (Lipinski definition) is 2. The molecule has 1 atom stereocenters. The summed E-state index contributed by atoms with van der Waals surface area (Å²) in [5.41, 5.74) is 2.83. The first kappa shape index (κ1) is 11.4. The third-order valence-corrected chi connectivity index (χ3v) is 5.61. The summed E-state index contributed by atoms with van der Waals surface area (Å²) in [6, 6.07) is 4.50. The molecule has 2 aromatic heterocycles. The van der Waals surface area contributed by atoms with Crippen LogP contribution in [-0.4, -0.2) is 0 Å². The zero-order valence-electron chi connectivity index (χ0n) is 8.79. The number of aryl methyl sites for hydroxylation is 2. The summed E-state index contributed by atoms with van der Waals surface area (Å²) in [6.07, 6.45) is 1.09. The van der Waals surface area contributed by atoms with Gasteiger partial charge in [0.05, 0.1) is 4.83 Å². The lowest BCUT2D eigenvalue weighted by atomic mass is 10.1. The van der Waals surface area contributed by atoms with E-state index in [9.17, 15) is 0 Å². The van der Waals surface area contributed by atoms with Gasteiger partial charge < -0.3 is 0 Å². The Kier molecular flexibility index (Phi) is 3.65. The number of halogens is 1. The van der Waals surface area contributed by atoms with Crippen molar-refractivity contribution in [1.82, 2.24) is 0 Å². The summed E-state index contributed by atoms with van der Waals surface area (Å²) < 4.78 is 0. The third-order valence-electron chi connectivity index (χ3n) is 2.49. The van der Waals surface area contributed by atoms with E-state index in [1.165, 1.54) is 20.9 Å². The minimum Gasteiger partial charge on any atom is -0.152 e. The van der Waals surface area contributed by atoms with Crippen molar-refractivity contribution in [2.75, 3.05) is 0 Å². The molecule has 0 fully saturated rings. The van der Waals surface area contributed by atoms with Gasteiger partial charge in [0.1, 0.15) is 0 Å². The van der Waals surface area contributed by atoms with Crippen molar-refractivity contribution >= 4 is 38.6 Å². The molecule has 80 valence electrons. The predicted molar refractivity (Wildman–Crippen MR) is 73.5 cm³/mol. The molecule has 3 heteroatoms. The predicted octanol–water partition coefficient (Wildman–Crippen LogP) is 5.11. The molecule has 0 aromatic carbocycles. The maximum atomic E-state index is 3.77. The van der Waals surface area contributed by atoms with Gasteiger partial charge in [-0.25, -0.2) is 0 Å². The van der Waals surface area contributed by atoms with Crippen LogP contribution in [0, 0.1) is 13.8 Å². The van der Waals surface area contributed by atoms with Gasteiger partial charge in [0.2, 0.25) is 0 Å². The van der Waals surface area contributed by atoms with Gasteiger partial charge in [-0.05, 0) is 54.3 Å². The summed E-state index contributed by atoms with van der Waals surface area (Å²) >= 11 is 7.44. The molecular formula is C12H13BrS2. The lowest BCUT2D eigenvalue weighted by Gasteiger charge is -2.05. The van der Waals surface area contributed by atoms with E-state index in [-0.39, 0.29) is 0 Å². The number of hydrogen-bond donors (Lipinski definition) is 0. The van der Waals surface area contributed by atoms with Crippen molar-refractivity contribution in [3.63, 3.8) is 0 Å². The van der Waals surface area contributed by atoms with Crippen LogP contribution in [0.25, 0.3) is 0 Å². The second-order valence-electron chi connectivity index (χ2n) is 3.69. The van der Waals surface area contributed by atoms with Crippen molar-refractivity contribution in [3.05, 3.63) is 43.8 Å². The zero-order valence-corrected chi connectivity index (χ0v) is 12.0. The van der Waals surface area contributed by atoms with Gasteiger partial charge in [0.25, 0.3) is 0 Å². The SMILES string of the molecule is Cc1cc(C(Br)Cc2ccsc2)sc1C. The second kappa shape index (κ2) is 4.81. The Morgan fingerprint density at radius 1 is 1.40 bits per heavy atom. The average molecular weight is 301 g/mol. The summed E-state index contributed by atoms with van der Waals surface area (Å²) in [5.74, 6) is 0. The highest BCUT2D eigenvalue weighted by atomic mass is 79.9. The van der Waals surface area contributed by atoms with Gasteiger partial charge in [0.15, 0.2) is 0 Å². The molecule has 0 radical (unpaired) electrons. The first-order chi connectivity index (χ1) is 7.16. The molecular weight excluding hydrogens is 288 g/mol. The van der Waals surface area contributed by atoms with Crippen LogP contribution in [0.3, 0.4) is 0 Å². The van der Waals surface area contributed by atoms with Crippen molar-refractivity contribution in [2.45, 2.75) is 25.1 Å². The summed E-state index contributed by atoms with van der Waals surface area (Å²) in [6.45, 7) is 4.37. The average Bonchev–Trinajstić information content (AvgIpc) is 2.78. The van der Waals surface area contributed by atoms with E-state index in [1.54, 1.807) is 11.3 Å². The normalized spacial score (nSPS) is 13.0. The highest BCUT2D eigenvalue weighted by molar-refractivity contribution is 9.09. The molecule has 0 nitrogen and oxygen atoms in total. The van der Waals surface area contributed by atoms with Gasteiger partial charge in [0, 0.05) is 9.75 Å². The Balaban J connectivity index is 2.11. The van der Waals surface area contributed by atoms with Gasteiger partial charge in [-0.1, -0.05) is 15.9 Å². The fourth-order valence-electron chi connectivity index (χ4n) is 1.47. The van der Waals surface area contributed by atoms with Gasteiger partial charge in [-0.3, -0.25) is 0 Å². The van der Waals surface area contributed by atoms with E-state index in [0.717, 1.165) is 6.42 Å². The van der Waals surface area contributed by atoms with Crippen LogP contribution in [0.1, 0.15) is 25.7 Å². The summed E-state index contributed by atoms with van der Waals surface area (Å²) in [4.78, 5) is 3.33. The lowest BCUT2D eigenvalue weighted by molar-refractivity contribution is 0.975. The molecule has 0 bridgehead atoms.